The Balaban J connectivity index is 1.41. The molecular formula is C21H24N6O2. The van der Waals surface area contributed by atoms with Crippen molar-refractivity contribution in [2.75, 3.05) is 36.4 Å². The van der Waals surface area contributed by atoms with E-state index >= 15 is 0 Å². The predicted molar refractivity (Wildman–Crippen MR) is 110 cm³/mol. The van der Waals surface area contributed by atoms with E-state index in [1.54, 1.807) is 6.20 Å². The molecule has 4 heterocycles. The van der Waals surface area contributed by atoms with E-state index in [1.807, 2.05) is 30.0 Å². The number of amides is 1. The molecule has 2 aliphatic rings. The number of aryl methyl sites for hydroxylation is 1. The lowest BCUT2D eigenvalue weighted by atomic mass is 10.1. The first kappa shape index (κ1) is 17.9. The zero-order chi connectivity index (χ0) is 20.0. The SMILES string of the molecule is Cc1oc2ncnc(NC3(C)CC3)c2c1C(=O)N1CCN(c2ccccn2)CC1. The van der Waals surface area contributed by atoms with E-state index in [2.05, 4.69) is 32.1 Å². The number of anilines is 2. The lowest BCUT2D eigenvalue weighted by Gasteiger charge is -2.35. The maximum absolute atomic E-state index is 13.4. The number of piperazine rings is 1. The van der Waals surface area contributed by atoms with Gasteiger partial charge in [0.25, 0.3) is 5.91 Å². The van der Waals surface area contributed by atoms with E-state index in [-0.39, 0.29) is 11.4 Å². The first-order valence-corrected chi connectivity index (χ1v) is 10.0. The first-order valence-electron chi connectivity index (χ1n) is 10.0. The molecule has 0 unspecified atom stereocenters. The Kier molecular flexibility index (Phi) is 4.15. The van der Waals surface area contributed by atoms with Gasteiger partial charge in [0.05, 0.1) is 10.9 Å². The highest BCUT2D eigenvalue weighted by molar-refractivity contribution is 6.10. The van der Waals surface area contributed by atoms with Gasteiger partial charge in [0.15, 0.2) is 0 Å². The molecule has 1 amide bonds. The normalized spacial score (nSPS) is 18.1. The second-order valence-corrected chi connectivity index (χ2v) is 8.09. The quantitative estimate of drug-likeness (QED) is 0.730. The summed E-state index contributed by atoms with van der Waals surface area (Å²) in [5, 5.41) is 4.17. The van der Waals surface area contributed by atoms with Crippen molar-refractivity contribution < 1.29 is 9.21 Å². The van der Waals surface area contributed by atoms with Crippen LogP contribution in [0.5, 0.6) is 0 Å². The van der Waals surface area contributed by atoms with Crippen LogP contribution in [0.25, 0.3) is 11.1 Å². The van der Waals surface area contributed by atoms with Crippen LogP contribution in [0.1, 0.15) is 35.9 Å². The third-order valence-corrected chi connectivity index (χ3v) is 5.84. The van der Waals surface area contributed by atoms with Gasteiger partial charge in [-0.05, 0) is 38.8 Å². The molecule has 1 aliphatic carbocycles. The second kappa shape index (κ2) is 6.72. The summed E-state index contributed by atoms with van der Waals surface area (Å²) in [4.78, 5) is 30.6. The predicted octanol–water partition coefficient (Wildman–Crippen LogP) is 2.85. The number of carbonyl (C=O) groups excluding carboxylic acids is 1. The molecule has 0 aromatic carbocycles. The Morgan fingerprint density at radius 2 is 1.93 bits per heavy atom. The van der Waals surface area contributed by atoms with Crippen molar-refractivity contribution in [3.8, 4) is 0 Å². The minimum Gasteiger partial charge on any atom is -0.442 e. The van der Waals surface area contributed by atoms with Gasteiger partial charge in [-0.25, -0.2) is 15.0 Å². The van der Waals surface area contributed by atoms with Crippen molar-refractivity contribution in [2.45, 2.75) is 32.2 Å². The lowest BCUT2D eigenvalue weighted by Crippen LogP contribution is -2.49. The van der Waals surface area contributed by atoms with Crippen LogP contribution in [0.15, 0.2) is 35.1 Å². The number of nitrogens with one attached hydrogen (secondary N) is 1. The minimum atomic E-state index is -0.0271. The number of pyridine rings is 1. The molecule has 0 bridgehead atoms. The summed E-state index contributed by atoms with van der Waals surface area (Å²) in [5.41, 5.74) is 1.07. The monoisotopic (exact) mass is 392 g/mol. The van der Waals surface area contributed by atoms with Gasteiger partial charge in [0, 0.05) is 37.9 Å². The lowest BCUT2D eigenvalue weighted by molar-refractivity contribution is 0.0746. The summed E-state index contributed by atoms with van der Waals surface area (Å²) in [6, 6.07) is 5.89. The van der Waals surface area contributed by atoms with Crippen LogP contribution in [-0.2, 0) is 0 Å². The molecule has 0 spiro atoms. The fourth-order valence-corrected chi connectivity index (χ4v) is 3.83. The van der Waals surface area contributed by atoms with E-state index < -0.39 is 0 Å². The Morgan fingerprint density at radius 1 is 1.14 bits per heavy atom. The van der Waals surface area contributed by atoms with Gasteiger partial charge >= 0.3 is 0 Å². The van der Waals surface area contributed by atoms with Gasteiger partial charge in [-0.2, -0.15) is 0 Å². The van der Waals surface area contributed by atoms with Gasteiger partial charge in [0.1, 0.15) is 23.7 Å². The summed E-state index contributed by atoms with van der Waals surface area (Å²) < 4.78 is 5.82. The molecule has 3 aromatic heterocycles. The highest BCUT2D eigenvalue weighted by Crippen LogP contribution is 2.40. The standard InChI is InChI=1S/C21H24N6O2/c1-14-16(17-18(25-21(2)6-7-21)23-13-24-19(17)29-14)20(28)27-11-9-26(10-12-27)15-5-3-4-8-22-15/h3-5,8,13H,6-7,9-12H2,1-2H3,(H,23,24,25). The number of carbonyl (C=O) groups is 1. The maximum atomic E-state index is 13.4. The number of fused-ring (bicyclic) bond motifs is 1. The second-order valence-electron chi connectivity index (χ2n) is 8.09. The van der Waals surface area contributed by atoms with Crippen molar-refractivity contribution in [3.63, 3.8) is 0 Å². The average molecular weight is 392 g/mol. The van der Waals surface area contributed by atoms with Gasteiger partial charge in [0.2, 0.25) is 5.71 Å². The van der Waals surface area contributed by atoms with Gasteiger partial charge in [-0.15, -0.1) is 0 Å². The van der Waals surface area contributed by atoms with Crippen LogP contribution < -0.4 is 10.2 Å². The largest absolute Gasteiger partial charge is 0.442 e. The van der Waals surface area contributed by atoms with Crippen molar-refractivity contribution in [3.05, 3.63) is 42.0 Å². The molecule has 0 atom stereocenters. The van der Waals surface area contributed by atoms with Gasteiger partial charge in [-0.1, -0.05) is 6.07 Å². The fourth-order valence-electron chi connectivity index (χ4n) is 3.83. The molecule has 8 nitrogen and oxygen atoms in total. The summed E-state index contributed by atoms with van der Waals surface area (Å²) in [5.74, 6) is 2.19. The maximum Gasteiger partial charge on any atom is 0.258 e. The molecule has 29 heavy (non-hydrogen) atoms. The van der Waals surface area contributed by atoms with Crippen LogP contribution in [-0.4, -0.2) is 57.5 Å². The number of rotatable bonds is 4. The Labute approximate surface area is 168 Å². The Hall–Kier alpha value is -3.16. The smallest absolute Gasteiger partial charge is 0.258 e. The number of furan rings is 1. The third kappa shape index (κ3) is 3.28. The average Bonchev–Trinajstić information content (AvgIpc) is 3.36. The number of nitrogens with zero attached hydrogens (tertiary/aromatic N) is 5. The zero-order valence-corrected chi connectivity index (χ0v) is 16.7. The van der Waals surface area contributed by atoms with Crippen molar-refractivity contribution in [2.24, 2.45) is 0 Å². The molecular weight excluding hydrogens is 368 g/mol. The summed E-state index contributed by atoms with van der Waals surface area (Å²) >= 11 is 0. The molecule has 1 saturated carbocycles. The highest BCUT2D eigenvalue weighted by Gasteiger charge is 2.39. The van der Waals surface area contributed by atoms with Crippen molar-refractivity contribution in [1.29, 1.82) is 0 Å². The molecule has 2 fully saturated rings. The molecule has 8 heteroatoms. The fraction of sp³-hybridized carbons (Fsp3) is 0.429. The summed E-state index contributed by atoms with van der Waals surface area (Å²) in [6.07, 6.45) is 5.46. The van der Waals surface area contributed by atoms with Crippen LogP contribution in [0.2, 0.25) is 0 Å². The van der Waals surface area contributed by atoms with E-state index in [0.717, 1.165) is 31.7 Å². The van der Waals surface area contributed by atoms with Crippen LogP contribution in [0, 0.1) is 6.92 Å². The zero-order valence-electron chi connectivity index (χ0n) is 16.7. The molecule has 150 valence electrons. The Bertz CT molecular complexity index is 1050. The molecule has 0 radical (unpaired) electrons. The van der Waals surface area contributed by atoms with E-state index in [9.17, 15) is 4.79 Å². The molecule has 1 saturated heterocycles. The van der Waals surface area contributed by atoms with Gasteiger partial charge in [-0.3, -0.25) is 4.79 Å². The van der Waals surface area contributed by atoms with Crippen LogP contribution in [0.4, 0.5) is 11.6 Å². The Morgan fingerprint density at radius 3 is 2.62 bits per heavy atom. The summed E-state index contributed by atoms with van der Waals surface area (Å²) in [6.45, 7) is 6.74. The van der Waals surface area contributed by atoms with Gasteiger partial charge < -0.3 is 19.5 Å². The van der Waals surface area contributed by atoms with E-state index in [1.165, 1.54) is 6.33 Å². The first-order chi connectivity index (χ1) is 14.0. The van der Waals surface area contributed by atoms with E-state index in [0.29, 0.717) is 41.3 Å². The van der Waals surface area contributed by atoms with Crippen molar-refractivity contribution in [1.82, 2.24) is 19.9 Å². The molecule has 1 N–H and O–H groups in total. The molecule has 5 rings (SSSR count). The number of hydrogen-bond donors (Lipinski definition) is 1. The van der Waals surface area contributed by atoms with E-state index in [4.69, 9.17) is 4.42 Å². The van der Waals surface area contributed by atoms with Crippen LogP contribution in [0.3, 0.4) is 0 Å². The number of hydrogen-bond acceptors (Lipinski definition) is 7. The number of aromatic nitrogens is 3. The topological polar surface area (TPSA) is 87.4 Å². The molecule has 1 aliphatic heterocycles. The molecule has 3 aromatic rings. The van der Waals surface area contributed by atoms with Crippen LogP contribution >= 0.6 is 0 Å². The minimum absolute atomic E-state index is 0.0271. The third-order valence-electron chi connectivity index (χ3n) is 5.84. The highest BCUT2D eigenvalue weighted by atomic mass is 16.3. The summed E-state index contributed by atoms with van der Waals surface area (Å²) in [7, 11) is 0. The van der Waals surface area contributed by atoms with Crippen molar-refractivity contribution >= 4 is 28.6 Å².